The van der Waals surface area contributed by atoms with Crippen LogP contribution >= 0.6 is 15.9 Å². The predicted octanol–water partition coefficient (Wildman–Crippen LogP) is 3.33. The first-order valence-electron chi connectivity index (χ1n) is 5.31. The molecule has 0 spiro atoms. The van der Waals surface area contributed by atoms with E-state index in [1.807, 2.05) is 13.0 Å². The number of aromatic nitrogens is 4. The largest absolute Gasteiger partial charge is 0.338 e. The first-order chi connectivity index (χ1) is 8.15. The standard InChI is InChI=1S/C12H11BrN4/c1-6-3-8(13)4-10-11(6)16-12(15-10)9-5-14-17-7(9)2/h3-5H,1-2H3,(H,14,17)(H,15,16). The molecule has 17 heavy (non-hydrogen) atoms. The van der Waals surface area contributed by atoms with Crippen LogP contribution in [0.5, 0.6) is 0 Å². The smallest absolute Gasteiger partial charge is 0.141 e. The van der Waals surface area contributed by atoms with Crippen molar-refractivity contribution in [1.29, 1.82) is 0 Å². The summed E-state index contributed by atoms with van der Waals surface area (Å²) in [5.41, 5.74) is 5.21. The van der Waals surface area contributed by atoms with Crippen molar-refractivity contribution in [3.05, 3.63) is 34.1 Å². The zero-order valence-electron chi connectivity index (χ0n) is 9.50. The van der Waals surface area contributed by atoms with Crippen LogP contribution in [-0.2, 0) is 0 Å². The number of hydrogen-bond acceptors (Lipinski definition) is 2. The maximum Gasteiger partial charge on any atom is 0.141 e. The first-order valence-corrected chi connectivity index (χ1v) is 6.10. The minimum Gasteiger partial charge on any atom is -0.338 e. The molecule has 0 aliphatic carbocycles. The van der Waals surface area contributed by atoms with E-state index in [0.29, 0.717) is 0 Å². The first kappa shape index (κ1) is 10.5. The summed E-state index contributed by atoms with van der Waals surface area (Å²) < 4.78 is 1.06. The topological polar surface area (TPSA) is 57.4 Å². The molecule has 2 N–H and O–H groups in total. The number of nitrogens with one attached hydrogen (secondary N) is 2. The summed E-state index contributed by atoms with van der Waals surface area (Å²) >= 11 is 3.49. The van der Waals surface area contributed by atoms with Gasteiger partial charge in [-0.2, -0.15) is 5.10 Å². The van der Waals surface area contributed by atoms with Crippen LogP contribution in [0.15, 0.2) is 22.8 Å². The molecule has 0 saturated carbocycles. The highest BCUT2D eigenvalue weighted by molar-refractivity contribution is 9.10. The fourth-order valence-corrected chi connectivity index (χ4v) is 2.54. The molecule has 2 aromatic heterocycles. The van der Waals surface area contributed by atoms with Gasteiger partial charge >= 0.3 is 0 Å². The molecule has 0 fully saturated rings. The number of halogens is 1. The molecular weight excluding hydrogens is 280 g/mol. The van der Waals surface area contributed by atoms with Crippen LogP contribution in [0.25, 0.3) is 22.4 Å². The Morgan fingerprint density at radius 2 is 2.06 bits per heavy atom. The van der Waals surface area contributed by atoms with Crippen LogP contribution in [0.3, 0.4) is 0 Å². The normalized spacial score (nSPS) is 11.2. The molecule has 0 radical (unpaired) electrons. The van der Waals surface area contributed by atoms with E-state index in [-0.39, 0.29) is 0 Å². The van der Waals surface area contributed by atoms with Gasteiger partial charge < -0.3 is 4.98 Å². The molecular formula is C12H11BrN4. The third-order valence-electron chi connectivity index (χ3n) is 2.83. The number of benzene rings is 1. The highest BCUT2D eigenvalue weighted by Gasteiger charge is 2.11. The third-order valence-corrected chi connectivity index (χ3v) is 3.28. The van der Waals surface area contributed by atoms with Crippen LogP contribution in [-0.4, -0.2) is 20.2 Å². The number of hydrogen-bond donors (Lipinski definition) is 2. The number of H-pyrrole nitrogens is 2. The fraction of sp³-hybridized carbons (Fsp3) is 0.167. The summed E-state index contributed by atoms with van der Waals surface area (Å²) in [6.45, 7) is 4.04. The Morgan fingerprint density at radius 3 is 2.76 bits per heavy atom. The van der Waals surface area contributed by atoms with Gasteiger partial charge in [0.25, 0.3) is 0 Å². The van der Waals surface area contributed by atoms with Crippen LogP contribution in [0.4, 0.5) is 0 Å². The fourth-order valence-electron chi connectivity index (χ4n) is 1.96. The van der Waals surface area contributed by atoms with Crippen molar-refractivity contribution in [1.82, 2.24) is 20.2 Å². The Bertz CT molecular complexity index is 696. The summed E-state index contributed by atoms with van der Waals surface area (Å²) in [4.78, 5) is 7.94. The highest BCUT2D eigenvalue weighted by atomic mass is 79.9. The Kier molecular flexibility index (Phi) is 2.29. The molecule has 0 aliphatic rings. The van der Waals surface area contributed by atoms with Crippen molar-refractivity contribution in [2.75, 3.05) is 0 Å². The lowest BCUT2D eigenvalue weighted by molar-refractivity contribution is 1.05. The van der Waals surface area contributed by atoms with E-state index in [2.05, 4.69) is 49.1 Å². The van der Waals surface area contributed by atoms with E-state index in [4.69, 9.17) is 0 Å². The highest BCUT2D eigenvalue weighted by Crippen LogP contribution is 2.26. The molecule has 86 valence electrons. The molecule has 3 aromatic rings. The molecule has 0 amide bonds. The average molecular weight is 291 g/mol. The predicted molar refractivity (Wildman–Crippen MR) is 70.8 cm³/mol. The average Bonchev–Trinajstić information content (AvgIpc) is 2.83. The van der Waals surface area contributed by atoms with Crippen molar-refractivity contribution in [2.45, 2.75) is 13.8 Å². The molecule has 4 nitrogen and oxygen atoms in total. The van der Waals surface area contributed by atoms with Crippen molar-refractivity contribution < 1.29 is 0 Å². The molecule has 2 heterocycles. The summed E-state index contributed by atoms with van der Waals surface area (Å²) in [6, 6.07) is 4.10. The zero-order chi connectivity index (χ0) is 12.0. The summed E-state index contributed by atoms with van der Waals surface area (Å²) in [7, 11) is 0. The second-order valence-corrected chi connectivity index (χ2v) is 5.03. The molecule has 0 bridgehead atoms. The number of aromatic amines is 2. The van der Waals surface area contributed by atoms with Gasteiger partial charge in [-0.3, -0.25) is 5.10 Å². The second kappa shape index (κ2) is 3.70. The van der Waals surface area contributed by atoms with E-state index >= 15 is 0 Å². The number of nitrogens with zero attached hydrogens (tertiary/aromatic N) is 2. The number of imidazole rings is 1. The van der Waals surface area contributed by atoms with Crippen molar-refractivity contribution >= 4 is 27.0 Å². The summed E-state index contributed by atoms with van der Waals surface area (Å²) in [6.07, 6.45) is 1.79. The molecule has 0 unspecified atom stereocenters. The van der Waals surface area contributed by atoms with Crippen molar-refractivity contribution in [3.63, 3.8) is 0 Å². The second-order valence-electron chi connectivity index (χ2n) is 4.11. The number of aryl methyl sites for hydroxylation is 2. The van der Waals surface area contributed by atoms with Gasteiger partial charge in [0.2, 0.25) is 0 Å². The van der Waals surface area contributed by atoms with Crippen LogP contribution in [0.1, 0.15) is 11.3 Å². The molecule has 0 atom stereocenters. The molecule has 3 rings (SSSR count). The van der Waals surface area contributed by atoms with Gasteiger partial charge in [0, 0.05) is 10.2 Å². The van der Waals surface area contributed by atoms with Crippen molar-refractivity contribution in [3.8, 4) is 11.4 Å². The van der Waals surface area contributed by atoms with Gasteiger partial charge in [-0.05, 0) is 31.5 Å². The van der Waals surface area contributed by atoms with Gasteiger partial charge in [-0.1, -0.05) is 15.9 Å². The minimum absolute atomic E-state index is 0.854. The molecule has 0 aliphatic heterocycles. The number of fused-ring (bicyclic) bond motifs is 1. The van der Waals surface area contributed by atoms with E-state index < -0.39 is 0 Å². The Balaban J connectivity index is 2.27. The van der Waals surface area contributed by atoms with E-state index in [1.165, 1.54) is 0 Å². The molecule has 1 aromatic carbocycles. The molecule has 5 heteroatoms. The van der Waals surface area contributed by atoms with Gasteiger partial charge in [0.1, 0.15) is 5.82 Å². The van der Waals surface area contributed by atoms with Crippen LogP contribution < -0.4 is 0 Å². The van der Waals surface area contributed by atoms with E-state index in [9.17, 15) is 0 Å². The quantitative estimate of drug-likeness (QED) is 0.722. The SMILES string of the molecule is Cc1[nH]ncc1-c1nc2c(C)cc(Br)cc2[nH]1. The van der Waals surface area contributed by atoms with Crippen LogP contribution in [0, 0.1) is 13.8 Å². The monoisotopic (exact) mass is 290 g/mol. The van der Waals surface area contributed by atoms with Gasteiger partial charge in [0.15, 0.2) is 0 Å². The Labute approximate surface area is 107 Å². The Hall–Kier alpha value is -1.62. The minimum atomic E-state index is 0.854. The molecule has 0 saturated heterocycles. The lowest BCUT2D eigenvalue weighted by Crippen LogP contribution is -1.80. The summed E-state index contributed by atoms with van der Waals surface area (Å²) in [5.74, 6) is 0.854. The van der Waals surface area contributed by atoms with Gasteiger partial charge in [-0.25, -0.2) is 4.98 Å². The maximum atomic E-state index is 4.62. The van der Waals surface area contributed by atoms with Gasteiger partial charge in [-0.15, -0.1) is 0 Å². The zero-order valence-corrected chi connectivity index (χ0v) is 11.1. The Morgan fingerprint density at radius 1 is 1.24 bits per heavy atom. The van der Waals surface area contributed by atoms with E-state index in [0.717, 1.165) is 38.2 Å². The lowest BCUT2D eigenvalue weighted by Gasteiger charge is -1.94. The number of rotatable bonds is 1. The van der Waals surface area contributed by atoms with E-state index in [1.54, 1.807) is 6.20 Å². The van der Waals surface area contributed by atoms with Crippen LogP contribution in [0.2, 0.25) is 0 Å². The summed E-state index contributed by atoms with van der Waals surface area (Å²) in [5, 5.41) is 6.93. The van der Waals surface area contributed by atoms with Crippen molar-refractivity contribution in [2.24, 2.45) is 0 Å². The van der Waals surface area contributed by atoms with Gasteiger partial charge in [0.05, 0.1) is 22.8 Å². The lowest BCUT2D eigenvalue weighted by atomic mass is 10.2. The maximum absolute atomic E-state index is 4.62. The third kappa shape index (κ3) is 1.67.